The van der Waals surface area contributed by atoms with Crippen molar-refractivity contribution in [1.29, 1.82) is 0 Å². The molecule has 0 aliphatic rings. The van der Waals surface area contributed by atoms with Gasteiger partial charge in [-0.25, -0.2) is 19.2 Å². The van der Waals surface area contributed by atoms with Crippen molar-refractivity contribution in [1.82, 2.24) is 0 Å². The molecule has 33 heavy (non-hydrogen) atoms. The molecule has 0 heterocycles. The largest absolute Gasteiger partial charge is 0.478 e. The van der Waals surface area contributed by atoms with Crippen molar-refractivity contribution in [2.75, 3.05) is 0 Å². The molecule has 0 radical (unpaired) electrons. The summed E-state index contributed by atoms with van der Waals surface area (Å²) < 4.78 is 0. The van der Waals surface area contributed by atoms with Gasteiger partial charge in [0, 0.05) is 6.07 Å². The molecule has 11 nitrogen and oxygen atoms in total. The van der Waals surface area contributed by atoms with Gasteiger partial charge in [-0.1, -0.05) is 6.07 Å². The first-order valence-electron chi connectivity index (χ1n) is 9.00. The zero-order valence-electron chi connectivity index (χ0n) is 16.4. The summed E-state index contributed by atoms with van der Waals surface area (Å²) >= 11 is 0. The van der Waals surface area contributed by atoms with E-state index in [-0.39, 0.29) is 44.5 Å². The Kier molecular flexibility index (Phi) is 5.89. The smallest absolute Gasteiger partial charge is 0.335 e. The summed E-state index contributed by atoms with van der Waals surface area (Å²) in [7, 11) is 0. The highest BCUT2D eigenvalue weighted by atomic mass is 16.6. The summed E-state index contributed by atoms with van der Waals surface area (Å²) in [6.45, 7) is 0. The number of benzene rings is 3. The van der Waals surface area contributed by atoms with Gasteiger partial charge in [-0.3, -0.25) is 10.1 Å². The second-order valence-corrected chi connectivity index (χ2v) is 6.81. The van der Waals surface area contributed by atoms with Crippen molar-refractivity contribution in [3.05, 3.63) is 87.0 Å². The molecule has 0 unspecified atom stereocenters. The predicted octanol–water partition coefficient (Wildman–Crippen LogP) is 3.72. The van der Waals surface area contributed by atoms with Gasteiger partial charge in [0.25, 0.3) is 5.69 Å². The third-order valence-corrected chi connectivity index (χ3v) is 4.69. The third-order valence-electron chi connectivity index (χ3n) is 4.69. The molecule has 0 spiro atoms. The van der Waals surface area contributed by atoms with Gasteiger partial charge in [-0.05, 0) is 59.2 Å². The SMILES string of the molecule is O=C(O)c1cc(C(=O)O)cc(-c2ccc(-c3cc(C(=O)O)cc(C(=O)O)c3)c([N+](=O)[O-])c2)c1. The van der Waals surface area contributed by atoms with Gasteiger partial charge >= 0.3 is 23.9 Å². The van der Waals surface area contributed by atoms with Crippen LogP contribution in [0.4, 0.5) is 5.69 Å². The molecule has 0 aliphatic carbocycles. The number of rotatable bonds is 7. The first-order valence-corrected chi connectivity index (χ1v) is 9.00. The van der Waals surface area contributed by atoms with E-state index in [1.807, 2.05) is 0 Å². The van der Waals surface area contributed by atoms with E-state index >= 15 is 0 Å². The number of nitro benzene ring substituents is 1. The second kappa shape index (κ2) is 8.59. The molecule has 0 bridgehead atoms. The molecular formula is C22H13NO10. The van der Waals surface area contributed by atoms with Gasteiger partial charge in [-0.15, -0.1) is 0 Å². The van der Waals surface area contributed by atoms with Crippen LogP contribution in [-0.4, -0.2) is 49.2 Å². The minimum atomic E-state index is -1.43. The van der Waals surface area contributed by atoms with E-state index in [4.69, 9.17) is 0 Å². The van der Waals surface area contributed by atoms with Crippen LogP contribution in [0.15, 0.2) is 54.6 Å². The Labute approximate surface area is 183 Å². The van der Waals surface area contributed by atoms with E-state index in [0.717, 1.165) is 42.5 Å². The number of carboxylic acids is 4. The first-order chi connectivity index (χ1) is 15.5. The zero-order chi connectivity index (χ0) is 24.4. The molecule has 0 atom stereocenters. The average Bonchev–Trinajstić information content (AvgIpc) is 2.77. The summed E-state index contributed by atoms with van der Waals surface area (Å²) in [6, 6.07) is 10.0. The number of hydrogen-bond acceptors (Lipinski definition) is 6. The summed E-state index contributed by atoms with van der Waals surface area (Å²) in [4.78, 5) is 56.4. The predicted molar refractivity (Wildman–Crippen MR) is 112 cm³/mol. The minimum Gasteiger partial charge on any atom is -0.478 e. The lowest BCUT2D eigenvalue weighted by atomic mass is 9.94. The second-order valence-electron chi connectivity index (χ2n) is 6.81. The van der Waals surface area contributed by atoms with Gasteiger partial charge in [0.15, 0.2) is 0 Å². The summed E-state index contributed by atoms with van der Waals surface area (Å²) in [5.41, 5.74) is -1.86. The van der Waals surface area contributed by atoms with Crippen LogP contribution in [0.2, 0.25) is 0 Å². The van der Waals surface area contributed by atoms with Gasteiger partial charge in [0.1, 0.15) is 0 Å². The standard InChI is InChI=1S/C22H13NO10/c24-19(25)13-3-11(4-14(7-13)20(26)27)10-1-2-17(18(9-10)23(32)33)12-5-15(21(28)29)8-16(6-12)22(30)31/h1-9H,(H,24,25)(H,26,27)(H,28,29)(H,30,31). The maximum atomic E-state index is 11.8. The lowest BCUT2D eigenvalue weighted by molar-refractivity contribution is -0.384. The lowest BCUT2D eigenvalue weighted by Gasteiger charge is -2.10. The fourth-order valence-corrected chi connectivity index (χ4v) is 3.18. The molecule has 0 amide bonds. The van der Waals surface area contributed by atoms with E-state index < -0.39 is 34.5 Å². The molecule has 0 fully saturated rings. The van der Waals surface area contributed by atoms with Gasteiger partial charge < -0.3 is 20.4 Å². The average molecular weight is 451 g/mol. The van der Waals surface area contributed by atoms with Crippen LogP contribution in [0.3, 0.4) is 0 Å². The van der Waals surface area contributed by atoms with E-state index in [1.165, 1.54) is 12.1 Å². The van der Waals surface area contributed by atoms with Crippen molar-refractivity contribution in [2.24, 2.45) is 0 Å². The maximum absolute atomic E-state index is 11.8. The van der Waals surface area contributed by atoms with Crippen LogP contribution in [0.5, 0.6) is 0 Å². The van der Waals surface area contributed by atoms with E-state index in [1.54, 1.807) is 0 Å². The number of nitrogens with zero attached hydrogens (tertiary/aromatic N) is 1. The highest BCUT2D eigenvalue weighted by Crippen LogP contribution is 2.35. The van der Waals surface area contributed by atoms with Crippen LogP contribution < -0.4 is 0 Å². The van der Waals surface area contributed by atoms with Crippen LogP contribution in [0, 0.1) is 10.1 Å². The van der Waals surface area contributed by atoms with Crippen molar-refractivity contribution in [3.63, 3.8) is 0 Å². The van der Waals surface area contributed by atoms with Gasteiger partial charge in [0.2, 0.25) is 0 Å². The number of aromatic carboxylic acids is 4. The molecule has 0 aromatic heterocycles. The fourth-order valence-electron chi connectivity index (χ4n) is 3.18. The Morgan fingerprint density at radius 3 is 1.33 bits per heavy atom. The third kappa shape index (κ3) is 4.66. The molecule has 0 aliphatic heterocycles. The fraction of sp³-hybridized carbons (Fsp3) is 0. The molecular weight excluding hydrogens is 438 g/mol. The highest BCUT2D eigenvalue weighted by molar-refractivity contribution is 5.98. The summed E-state index contributed by atoms with van der Waals surface area (Å²) in [5, 5.41) is 48.7. The molecule has 11 heteroatoms. The summed E-state index contributed by atoms with van der Waals surface area (Å²) in [6.07, 6.45) is 0. The van der Waals surface area contributed by atoms with Crippen molar-refractivity contribution >= 4 is 29.6 Å². The van der Waals surface area contributed by atoms with Crippen LogP contribution >= 0.6 is 0 Å². The normalized spacial score (nSPS) is 10.4. The number of hydrogen-bond donors (Lipinski definition) is 4. The molecule has 3 aromatic carbocycles. The molecule has 0 saturated heterocycles. The Bertz CT molecular complexity index is 1290. The molecule has 166 valence electrons. The molecule has 4 N–H and O–H groups in total. The van der Waals surface area contributed by atoms with Crippen molar-refractivity contribution in [2.45, 2.75) is 0 Å². The quantitative estimate of drug-likeness (QED) is 0.304. The Hall–Kier alpha value is -5.06. The van der Waals surface area contributed by atoms with Crippen LogP contribution in [-0.2, 0) is 0 Å². The topological polar surface area (TPSA) is 192 Å². The van der Waals surface area contributed by atoms with Gasteiger partial charge in [-0.2, -0.15) is 0 Å². The number of nitro groups is 1. The van der Waals surface area contributed by atoms with Crippen LogP contribution in [0.1, 0.15) is 41.4 Å². The monoisotopic (exact) mass is 451 g/mol. The highest BCUT2D eigenvalue weighted by Gasteiger charge is 2.21. The van der Waals surface area contributed by atoms with Crippen molar-refractivity contribution < 1.29 is 44.5 Å². The van der Waals surface area contributed by atoms with E-state index in [0.29, 0.717) is 0 Å². The Balaban J connectivity index is 2.24. The number of carboxylic acid groups (broad SMARTS) is 4. The number of carbonyl (C=O) groups is 4. The molecule has 3 rings (SSSR count). The van der Waals surface area contributed by atoms with E-state index in [2.05, 4.69) is 0 Å². The van der Waals surface area contributed by atoms with Crippen molar-refractivity contribution in [3.8, 4) is 22.3 Å². The summed E-state index contributed by atoms with van der Waals surface area (Å²) in [5.74, 6) is -5.63. The Morgan fingerprint density at radius 1 is 0.576 bits per heavy atom. The van der Waals surface area contributed by atoms with E-state index in [9.17, 15) is 49.7 Å². The molecule has 3 aromatic rings. The zero-order valence-corrected chi connectivity index (χ0v) is 16.4. The minimum absolute atomic E-state index is 0.0314. The Morgan fingerprint density at radius 2 is 0.970 bits per heavy atom. The first kappa shape index (κ1) is 22.6. The van der Waals surface area contributed by atoms with Gasteiger partial charge in [0.05, 0.1) is 32.7 Å². The van der Waals surface area contributed by atoms with Crippen LogP contribution in [0.25, 0.3) is 22.3 Å². The lowest BCUT2D eigenvalue weighted by Crippen LogP contribution is -2.04. The molecule has 0 saturated carbocycles. The maximum Gasteiger partial charge on any atom is 0.335 e.